The van der Waals surface area contributed by atoms with Crippen LogP contribution >= 0.6 is 0 Å². The zero-order chi connectivity index (χ0) is 11.1. The molecule has 1 N–H and O–H groups in total. The number of carbonyl (C=O) groups is 1. The fourth-order valence-electron chi connectivity index (χ4n) is 2.26. The molecule has 0 aromatic rings. The van der Waals surface area contributed by atoms with Crippen molar-refractivity contribution in [3.05, 3.63) is 0 Å². The second-order valence-electron chi connectivity index (χ2n) is 4.77. The van der Waals surface area contributed by atoms with Gasteiger partial charge in [-0.25, -0.2) is 0 Å². The van der Waals surface area contributed by atoms with E-state index in [0.717, 1.165) is 25.3 Å². The van der Waals surface area contributed by atoms with Gasteiger partial charge in [0.15, 0.2) is 0 Å². The summed E-state index contributed by atoms with van der Waals surface area (Å²) >= 11 is 0. The highest BCUT2D eigenvalue weighted by Gasteiger charge is 2.25. The highest BCUT2D eigenvalue weighted by Crippen LogP contribution is 2.33. The van der Waals surface area contributed by atoms with Crippen LogP contribution in [0.1, 0.15) is 58.8 Å². The molecule has 1 rings (SSSR count). The highest BCUT2D eigenvalue weighted by molar-refractivity contribution is 5.78. The molecule has 0 aromatic carbocycles. The first-order valence-corrected chi connectivity index (χ1v) is 6.55. The van der Waals surface area contributed by atoms with Gasteiger partial charge < -0.3 is 5.32 Å². The van der Waals surface area contributed by atoms with E-state index in [1.807, 2.05) is 6.92 Å². The summed E-state index contributed by atoms with van der Waals surface area (Å²) in [5, 5.41) is 2.97. The lowest BCUT2D eigenvalue weighted by atomic mass is 9.77. The normalized spacial score (nSPS) is 18.3. The monoisotopic (exact) mass is 211 g/mol. The van der Waals surface area contributed by atoms with Gasteiger partial charge in [0, 0.05) is 12.5 Å². The molecule has 1 fully saturated rings. The van der Waals surface area contributed by atoms with Crippen LogP contribution in [0.2, 0.25) is 0 Å². The standard InChI is InChI=1S/C13H25NO/c1-3-5-9-12(13(15)14-4-2)10-11-7-6-8-11/h11-12H,3-10H2,1-2H3,(H,14,15). The minimum Gasteiger partial charge on any atom is -0.356 e. The first kappa shape index (κ1) is 12.5. The van der Waals surface area contributed by atoms with Crippen molar-refractivity contribution in [3.8, 4) is 0 Å². The van der Waals surface area contributed by atoms with Crippen LogP contribution in [-0.2, 0) is 4.79 Å². The van der Waals surface area contributed by atoms with Crippen molar-refractivity contribution in [1.82, 2.24) is 5.32 Å². The summed E-state index contributed by atoms with van der Waals surface area (Å²) < 4.78 is 0. The van der Waals surface area contributed by atoms with Gasteiger partial charge in [-0.2, -0.15) is 0 Å². The van der Waals surface area contributed by atoms with Crippen molar-refractivity contribution >= 4 is 5.91 Å². The van der Waals surface area contributed by atoms with Crippen LogP contribution in [-0.4, -0.2) is 12.5 Å². The number of hydrogen-bond acceptors (Lipinski definition) is 1. The largest absolute Gasteiger partial charge is 0.356 e. The topological polar surface area (TPSA) is 29.1 Å². The number of hydrogen-bond donors (Lipinski definition) is 1. The van der Waals surface area contributed by atoms with Gasteiger partial charge >= 0.3 is 0 Å². The van der Waals surface area contributed by atoms with Crippen molar-refractivity contribution < 1.29 is 4.79 Å². The fourth-order valence-corrected chi connectivity index (χ4v) is 2.26. The smallest absolute Gasteiger partial charge is 0.223 e. The predicted molar refractivity (Wildman–Crippen MR) is 63.7 cm³/mol. The molecule has 2 nitrogen and oxygen atoms in total. The van der Waals surface area contributed by atoms with Gasteiger partial charge in [-0.1, -0.05) is 39.0 Å². The average molecular weight is 211 g/mol. The van der Waals surface area contributed by atoms with Crippen LogP contribution in [0.4, 0.5) is 0 Å². The molecule has 0 heterocycles. The molecule has 1 atom stereocenters. The fraction of sp³-hybridized carbons (Fsp3) is 0.923. The van der Waals surface area contributed by atoms with E-state index >= 15 is 0 Å². The van der Waals surface area contributed by atoms with E-state index in [0.29, 0.717) is 0 Å². The zero-order valence-corrected chi connectivity index (χ0v) is 10.2. The van der Waals surface area contributed by atoms with Crippen LogP contribution in [0.15, 0.2) is 0 Å². The Hall–Kier alpha value is -0.530. The second-order valence-corrected chi connectivity index (χ2v) is 4.77. The van der Waals surface area contributed by atoms with Crippen LogP contribution in [0.5, 0.6) is 0 Å². The third-order valence-electron chi connectivity index (χ3n) is 3.47. The maximum atomic E-state index is 11.8. The number of rotatable bonds is 7. The summed E-state index contributed by atoms with van der Waals surface area (Å²) in [6.07, 6.45) is 8.67. The molecule has 1 aliphatic rings. The molecule has 88 valence electrons. The molecule has 0 aliphatic heterocycles. The minimum absolute atomic E-state index is 0.287. The van der Waals surface area contributed by atoms with Crippen molar-refractivity contribution in [2.24, 2.45) is 11.8 Å². The Labute approximate surface area is 93.8 Å². The van der Waals surface area contributed by atoms with Gasteiger partial charge in [-0.05, 0) is 25.7 Å². The summed E-state index contributed by atoms with van der Waals surface area (Å²) in [4.78, 5) is 11.8. The second kappa shape index (κ2) is 6.86. The lowest BCUT2D eigenvalue weighted by Gasteiger charge is -2.29. The Balaban J connectivity index is 2.32. The Morgan fingerprint density at radius 3 is 2.60 bits per heavy atom. The summed E-state index contributed by atoms with van der Waals surface area (Å²) in [5.41, 5.74) is 0. The Morgan fingerprint density at radius 1 is 1.40 bits per heavy atom. The Kier molecular flexibility index (Phi) is 5.74. The molecule has 0 aromatic heterocycles. The Bertz CT molecular complexity index is 187. The van der Waals surface area contributed by atoms with Gasteiger partial charge in [0.25, 0.3) is 0 Å². The third kappa shape index (κ3) is 4.23. The summed E-state index contributed by atoms with van der Waals surface area (Å²) in [7, 11) is 0. The number of amides is 1. The van der Waals surface area contributed by atoms with Gasteiger partial charge in [-0.3, -0.25) is 4.79 Å². The first-order valence-electron chi connectivity index (χ1n) is 6.55. The third-order valence-corrected chi connectivity index (χ3v) is 3.47. The number of carbonyl (C=O) groups excluding carboxylic acids is 1. The van der Waals surface area contributed by atoms with E-state index in [9.17, 15) is 4.79 Å². The van der Waals surface area contributed by atoms with Gasteiger partial charge in [0.1, 0.15) is 0 Å². The predicted octanol–water partition coefficient (Wildman–Crippen LogP) is 3.12. The highest BCUT2D eigenvalue weighted by atomic mass is 16.1. The Morgan fingerprint density at radius 2 is 2.13 bits per heavy atom. The van der Waals surface area contributed by atoms with Gasteiger partial charge in [0.2, 0.25) is 5.91 Å². The van der Waals surface area contributed by atoms with E-state index in [2.05, 4.69) is 12.2 Å². The van der Waals surface area contributed by atoms with E-state index in [1.54, 1.807) is 0 Å². The number of nitrogens with one attached hydrogen (secondary N) is 1. The molecule has 0 radical (unpaired) electrons. The van der Waals surface area contributed by atoms with E-state index < -0.39 is 0 Å². The first-order chi connectivity index (χ1) is 7.27. The molecule has 1 saturated carbocycles. The molecule has 15 heavy (non-hydrogen) atoms. The van der Waals surface area contributed by atoms with Crippen molar-refractivity contribution in [1.29, 1.82) is 0 Å². The average Bonchev–Trinajstić information content (AvgIpc) is 2.15. The van der Waals surface area contributed by atoms with Crippen LogP contribution in [0, 0.1) is 11.8 Å². The van der Waals surface area contributed by atoms with E-state index in [1.165, 1.54) is 32.1 Å². The molecule has 0 spiro atoms. The maximum Gasteiger partial charge on any atom is 0.223 e. The summed E-state index contributed by atoms with van der Waals surface area (Å²) in [6.45, 7) is 4.96. The molecule has 1 unspecified atom stereocenters. The molecule has 1 amide bonds. The zero-order valence-electron chi connectivity index (χ0n) is 10.2. The van der Waals surface area contributed by atoms with Crippen molar-refractivity contribution in [2.45, 2.75) is 58.8 Å². The number of unbranched alkanes of at least 4 members (excludes halogenated alkanes) is 1. The summed E-state index contributed by atoms with van der Waals surface area (Å²) in [6, 6.07) is 0. The van der Waals surface area contributed by atoms with E-state index in [4.69, 9.17) is 0 Å². The van der Waals surface area contributed by atoms with Crippen LogP contribution in [0.3, 0.4) is 0 Å². The maximum absolute atomic E-state index is 11.8. The molecule has 1 aliphatic carbocycles. The van der Waals surface area contributed by atoms with Crippen LogP contribution < -0.4 is 5.32 Å². The minimum atomic E-state index is 0.287. The quantitative estimate of drug-likeness (QED) is 0.688. The lowest BCUT2D eigenvalue weighted by Crippen LogP contribution is -2.32. The van der Waals surface area contributed by atoms with Crippen LogP contribution in [0.25, 0.3) is 0 Å². The molecular weight excluding hydrogens is 186 g/mol. The summed E-state index contributed by atoms with van der Waals surface area (Å²) in [5.74, 6) is 1.42. The SMILES string of the molecule is CCCCC(CC1CCC1)C(=O)NCC. The van der Waals surface area contributed by atoms with Gasteiger partial charge in [0.05, 0.1) is 0 Å². The lowest BCUT2D eigenvalue weighted by molar-refractivity contribution is -0.126. The molecule has 0 bridgehead atoms. The van der Waals surface area contributed by atoms with Gasteiger partial charge in [-0.15, -0.1) is 0 Å². The molecule has 0 saturated heterocycles. The van der Waals surface area contributed by atoms with Crippen molar-refractivity contribution in [2.75, 3.05) is 6.54 Å². The molecule has 2 heteroatoms. The van der Waals surface area contributed by atoms with Crippen molar-refractivity contribution in [3.63, 3.8) is 0 Å². The van der Waals surface area contributed by atoms with E-state index in [-0.39, 0.29) is 11.8 Å². The molecular formula is C13H25NO.